The number of hydrogen-bond acceptors (Lipinski definition) is 2. The van der Waals surface area contributed by atoms with Gasteiger partial charge in [0.05, 0.1) is 0 Å². The highest BCUT2D eigenvalue weighted by Crippen LogP contribution is 2.33. The third-order valence-electron chi connectivity index (χ3n) is 5.36. The van der Waals surface area contributed by atoms with Crippen LogP contribution in [0.5, 0.6) is 0 Å². The smallest absolute Gasteiger partial charge is 0.0251 e. The summed E-state index contributed by atoms with van der Waals surface area (Å²) < 4.78 is 0. The third kappa shape index (κ3) is 3.27. The molecular weight excluding hydrogens is 220 g/mol. The van der Waals surface area contributed by atoms with Crippen molar-refractivity contribution in [1.82, 2.24) is 10.2 Å². The summed E-state index contributed by atoms with van der Waals surface area (Å²) in [6.45, 7) is 7.39. The number of likely N-dealkylation sites (tertiary alicyclic amines) is 1. The van der Waals surface area contributed by atoms with Gasteiger partial charge in [-0.3, -0.25) is 4.90 Å². The van der Waals surface area contributed by atoms with E-state index in [1.54, 1.807) is 0 Å². The number of rotatable bonds is 5. The van der Waals surface area contributed by atoms with E-state index in [0.717, 1.165) is 23.9 Å². The molecule has 0 spiro atoms. The lowest BCUT2D eigenvalue weighted by molar-refractivity contribution is 0.114. The minimum absolute atomic E-state index is 0.744. The van der Waals surface area contributed by atoms with Crippen LogP contribution in [0.15, 0.2) is 0 Å². The Morgan fingerprint density at radius 3 is 2.56 bits per heavy atom. The molecule has 1 saturated carbocycles. The Labute approximate surface area is 114 Å². The van der Waals surface area contributed by atoms with Crippen molar-refractivity contribution in [3.05, 3.63) is 0 Å². The summed E-state index contributed by atoms with van der Waals surface area (Å²) in [5.41, 5.74) is 0. The Balaban J connectivity index is 1.93. The first-order valence-electron chi connectivity index (χ1n) is 8.19. The van der Waals surface area contributed by atoms with Gasteiger partial charge in [-0.05, 0) is 51.1 Å². The van der Waals surface area contributed by atoms with Crippen molar-refractivity contribution in [3.8, 4) is 0 Å². The zero-order valence-electron chi connectivity index (χ0n) is 12.6. The second-order valence-electron chi connectivity index (χ2n) is 6.49. The zero-order valence-corrected chi connectivity index (χ0v) is 12.6. The highest BCUT2D eigenvalue weighted by atomic mass is 15.2. The van der Waals surface area contributed by atoms with E-state index < -0.39 is 0 Å². The molecule has 2 aliphatic rings. The van der Waals surface area contributed by atoms with Crippen molar-refractivity contribution in [2.45, 2.75) is 70.9 Å². The Morgan fingerprint density at radius 1 is 1.11 bits per heavy atom. The van der Waals surface area contributed by atoms with E-state index in [9.17, 15) is 0 Å². The van der Waals surface area contributed by atoms with Crippen LogP contribution < -0.4 is 5.32 Å². The number of nitrogens with one attached hydrogen (secondary N) is 1. The molecule has 0 aromatic rings. The van der Waals surface area contributed by atoms with Crippen molar-refractivity contribution in [3.63, 3.8) is 0 Å². The number of nitrogens with zero attached hydrogens (tertiary/aromatic N) is 1. The van der Waals surface area contributed by atoms with Crippen molar-refractivity contribution in [2.75, 3.05) is 20.1 Å². The molecule has 0 aromatic heterocycles. The van der Waals surface area contributed by atoms with Crippen LogP contribution in [0.3, 0.4) is 0 Å². The van der Waals surface area contributed by atoms with Gasteiger partial charge < -0.3 is 5.32 Å². The Bertz CT molecular complexity index is 241. The monoisotopic (exact) mass is 252 g/mol. The van der Waals surface area contributed by atoms with E-state index >= 15 is 0 Å². The molecule has 0 radical (unpaired) electrons. The second kappa shape index (κ2) is 6.91. The maximum Gasteiger partial charge on any atom is 0.0251 e. The first-order valence-corrected chi connectivity index (χ1v) is 8.19. The first-order chi connectivity index (χ1) is 8.78. The number of hydrogen-bond donors (Lipinski definition) is 1. The van der Waals surface area contributed by atoms with Crippen LogP contribution >= 0.6 is 0 Å². The molecule has 1 aliphatic heterocycles. The van der Waals surface area contributed by atoms with Gasteiger partial charge in [-0.2, -0.15) is 0 Å². The lowest BCUT2D eigenvalue weighted by Gasteiger charge is -2.41. The van der Waals surface area contributed by atoms with Crippen LogP contribution in [-0.4, -0.2) is 37.1 Å². The van der Waals surface area contributed by atoms with Crippen LogP contribution in [0.1, 0.15) is 58.8 Å². The SMILES string of the molecule is CCCC1CCC(NC)C(N2CCC(CC)C2)C1. The summed E-state index contributed by atoms with van der Waals surface area (Å²) in [5.74, 6) is 1.96. The van der Waals surface area contributed by atoms with Crippen molar-refractivity contribution in [1.29, 1.82) is 0 Å². The van der Waals surface area contributed by atoms with E-state index in [0.29, 0.717) is 0 Å². The van der Waals surface area contributed by atoms with Gasteiger partial charge in [-0.1, -0.05) is 33.1 Å². The van der Waals surface area contributed by atoms with Crippen LogP contribution in [0.2, 0.25) is 0 Å². The fourth-order valence-corrected chi connectivity index (χ4v) is 4.14. The molecule has 0 amide bonds. The van der Waals surface area contributed by atoms with Gasteiger partial charge in [0.2, 0.25) is 0 Å². The van der Waals surface area contributed by atoms with E-state index in [2.05, 4.69) is 31.1 Å². The topological polar surface area (TPSA) is 15.3 Å². The average Bonchev–Trinajstić information content (AvgIpc) is 2.87. The Kier molecular flexibility index (Phi) is 5.50. The molecule has 0 bridgehead atoms. The molecule has 18 heavy (non-hydrogen) atoms. The molecule has 1 aliphatic carbocycles. The van der Waals surface area contributed by atoms with Crippen LogP contribution in [0.25, 0.3) is 0 Å². The maximum absolute atomic E-state index is 3.58. The number of likely N-dealkylation sites (N-methyl/N-ethyl adjacent to an activating group) is 1. The van der Waals surface area contributed by atoms with Crippen molar-refractivity contribution >= 4 is 0 Å². The highest BCUT2D eigenvalue weighted by molar-refractivity contribution is 4.93. The molecule has 1 heterocycles. The van der Waals surface area contributed by atoms with Gasteiger partial charge in [-0.15, -0.1) is 0 Å². The van der Waals surface area contributed by atoms with Gasteiger partial charge in [0, 0.05) is 18.6 Å². The lowest BCUT2D eigenvalue weighted by atomic mass is 9.79. The van der Waals surface area contributed by atoms with Crippen molar-refractivity contribution < 1.29 is 0 Å². The molecule has 106 valence electrons. The summed E-state index contributed by atoms with van der Waals surface area (Å²) in [5, 5.41) is 3.58. The van der Waals surface area contributed by atoms with Crippen LogP contribution in [-0.2, 0) is 0 Å². The summed E-state index contributed by atoms with van der Waals surface area (Å²) in [6, 6.07) is 1.56. The van der Waals surface area contributed by atoms with Gasteiger partial charge in [0.15, 0.2) is 0 Å². The molecule has 4 unspecified atom stereocenters. The average molecular weight is 252 g/mol. The molecular formula is C16H32N2. The second-order valence-corrected chi connectivity index (χ2v) is 6.49. The minimum atomic E-state index is 0.744. The standard InChI is InChI=1S/C16H32N2/c1-4-6-14-7-8-15(17-3)16(11-14)18-10-9-13(5-2)12-18/h13-17H,4-12H2,1-3H3. The highest BCUT2D eigenvalue weighted by Gasteiger charge is 2.36. The fraction of sp³-hybridized carbons (Fsp3) is 1.00. The Morgan fingerprint density at radius 2 is 1.94 bits per heavy atom. The van der Waals surface area contributed by atoms with Gasteiger partial charge in [-0.25, -0.2) is 0 Å². The molecule has 2 heteroatoms. The normalized spacial score (nSPS) is 38.2. The molecule has 1 saturated heterocycles. The van der Waals surface area contributed by atoms with E-state index in [4.69, 9.17) is 0 Å². The van der Waals surface area contributed by atoms with E-state index in [-0.39, 0.29) is 0 Å². The fourth-order valence-electron chi connectivity index (χ4n) is 4.14. The molecule has 0 aromatic carbocycles. The predicted octanol–water partition coefficient (Wildman–Crippen LogP) is 3.28. The molecule has 2 fully saturated rings. The van der Waals surface area contributed by atoms with Crippen LogP contribution in [0, 0.1) is 11.8 Å². The summed E-state index contributed by atoms with van der Waals surface area (Å²) in [4.78, 5) is 2.80. The summed E-state index contributed by atoms with van der Waals surface area (Å²) in [7, 11) is 2.16. The quantitative estimate of drug-likeness (QED) is 0.808. The van der Waals surface area contributed by atoms with Gasteiger partial charge in [0.25, 0.3) is 0 Å². The van der Waals surface area contributed by atoms with Crippen molar-refractivity contribution in [2.24, 2.45) is 11.8 Å². The largest absolute Gasteiger partial charge is 0.315 e. The third-order valence-corrected chi connectivity index (χ3v) is 5.36. The summed E-state index contributed by atoms with van der Waals surface area (Å²) >= 11 is 0. The molecule has 2 rings (SSSR count). The van der Waals surface area contributed by atoms with Crippen LogP contribution in [0.4, 0.5) is 0 Å². The Hall–Kier alpha value is -0.0800. The molecule has 4 atom stereocenters. The lowest BCUT2D eigenvalue weighted by Crippen LogP contribution is -2.51. The molecule has 1 N–H and O–H groups in total. The predicted molar refractivity (Wildman–Crippen MR) is 78.9 cm³/mol. The first kappa shape index (κ1) is 14.3. The minimum Gasteiger partial charge on any atom is -0.315 e. The summed E-state index contributed by atoms with van der Waals surface area (Å²) in [6.07, 6.45) is 9.88. The van der Waals surface area contributed by atoms with Gasteiger partial charge >= 0.3 is 0 Å². The molecule has 2 nitrogen and oxygen atoms in total. The maximum atomic E-state index is 3.58. The van der Waals surface area contributed by atoms with Gasteiger partial charge in [0.1, 0.15) is 0 Å². The van der Waals surface area contributed by atoms with E-state index in [1.807, 2.05) is 0 Å². The van der Waals surface area contributed by atoms with E-state index in [1.165, 1.54) is 58.0 Å². The zero-order chi connectivity index (χ0) is 13.0.